The summed E-state index contributed by atoms with van der Waals surface area (Å²) >= 11 is 0. The minimum Gasteiger partial charge on any atom is -0.347 e. The van der Waals surface area contributed by atoms with Crippen molar-refractivity contribution < 1.29 is 17.6 Å². The number of alkyl halides is 3. The number of aromatic amines is 1. The summed E-state index contributed by atoms with van der Waals surface area (Å²) in [5, 5.41) is 2.08. The summed E-state index contributed by atoms with van der Waals surface area (Å²) in [7, 11) is 0. The number of fused-ring (bicyclic) bond motifs is 1. The second-order valence-electron chi connectivity index (χ2n) is 3.22. The number of hydrogen-bond acceptors (Lipinski definition) is 2. The highest BCUT2D eigenvalue weighted by Gasteiger charge is 2.27. The van der Waals surface area contributed by atoms with Gasteiger partial charge in [-0.3, -0.25) is 0 Å². The van der Waals surface area contributed by atoms with Crippen molar-refractivity contribution in [2.45, 2.75) is 6.18 Å². The molecule has 1 aromatic heterocycles. The van der Waals surface area contributed by atoms with Crippen LogP contribution in [0.3, 0.4) is 0 Å². The van der Waals surface area contributed by atoms with E-state index in [4.69, 9.17) is 0 Å². The number of nitrogens with one attached hydrogen (secondary N) is 2. The van der Waals surface area contributed by atoms with Crippen molar-refractivity contribution >= 4 is 17.0 Å². The topological polar surface area (TPSA) is 40.7 Å². The van der Waals surface area contributed by atoms with Crippen molar-refractivity contribution in [2.75, 3.05) is 11.9 Å². The fourth-order valence-corrected chi connectivity index (χ4v) is 1.25. The zero-order chi connectivity index (χ0) is 11.8. The summed E-state index contributed by atoms with van der Waals surface area (Å²) in [6, 6.07) is 3.75. The van der Waals surface area contributed by atoms with Crippen molar-refractivity contribution in [1.82, 2.24) is 9.97 Å². The fraction of sp³-hybridized carbons (Fsp3) is 0.222. The lowest BCUT2D eigenvalue weighted by Crippen LogP contribution is -2.21. The molecule has 0 fully saturated rings. The van der Waals surface area contributed by atoms with E-state index in [1.807, 2.05) is 0 Å². The van der Waals surface area contributed by atoms with E-state index < -0.39 is 18.5 Å². The molecule has 0 atom stereocenters. The number of anilines is 1. The Morgan fingerprint density at radius 2 is 2.06 bits per heavy atom. The van der Waals surface area contributed by atoms with Crippen LogP contribution in [-0.2, 0) is 0 Å². The number of hydrogen-bond donors (Lipinski definition) is 2. The highest BCUT2D eigenvalue weighted by Crippen LogP contribution is 2.18. The third-order valence-corrected chi connectivity index (χ3v) is 1.90. The van der Waals surface area contributed by atoms with Gasteiger partial charge in [0.1, 0.15) is 12.4 Å². The quantitative estimate of drug-likeness (QED) is 0.783. The van der Waals surface area contributed by atoms with Gasteiger partial charge in [0.2, 0.25) is 5.95 Å². The van der Waals surface area contributed by atoms with Crippen molar-refractivity contribution in [1.29, 1.82) is 0 Å². The molecule has 16 heavy (non-hydrogen) atoms. The van der Waals surface area contributed by atoms with Gasteiger partial charge in [0.15, 0.2) is 0 Å². The molecule has 0 saturated heterocycles. The van der Waals surface area contributed by atoms with Crippen molar-refractivity contribution in [3.05, 3.63) is 24.0 Å². The van der Waals surface area contributed by atoms with Gasteiger partial charge in [-0.1, -0.05) is 0 Å². The van der Waals surface area contributed by atoms with Crippen LogP contribution < -0.4 is 5.32 Å². The number of H-pyrrole nitrogens is 1. The normalized spacial score (nSPS) is 12.0. The SMILES string of the molecule is Fc1ccc2nc(NCC(F)(F)F)[nH]c2c1. The predicted octanol–water partition coefficient (Wildman–Crippen LogP) is 2.68. The van der Waals surface area contributed by atoms with Gasteiger partial charge in [-0.25, -0.2) is 9.37 Å². The smallest absolute Gasteiger partial charge is 0.347 e. The predicted molar refractivity (Wildman–Crippen MR) is 50.6 cm³/mol. The maximum atomic E-state index is 12.8. The third kappa shape index (κ3) is 2.41. The first-order valence-corrected chi connectivity index (χ1v) is 4.40. The van der Waals surface area contributed by atoms with E-state index in [0.717, 1.165) is 0 Å². The van der Waals surface area contributed by atoms with Gasteiger partial charge in [-0.2, -0.15) is 13.2 Å². The minimum absolute atomic E-state index is 0.0297. The van der Waals surface area contributed by atoms with Crippen LogP contribution in [0.4, 0.5) is 23.5 Å². The molecule has 1 heterocycles. The summed E-state index contributed by atoms with van der Waals surface area (Å²) < 4.78 is 48.5. The molecular formula is C9H7F4N3. The Hall–Kier alpha value is -1.79. The first-order valence-electron chi connectivity index (χ1n) is 4.40. The molecule has 0 aliphatic carbocycles. The van der Waals surface area contributed by atoms with Crippen LogP contribution in [0.5, 0.6) is 0 Å². The average molecular weight is 233 g/mol. The molecule has 1 aromatic carbocycles. The van der Waals surface area contributed by atoms with Gasteiger partial charge in [-0.15, -0.1) is 0 Å². The fourth-order valence-electron chi connectivity index (χ4n) is 1.25. The van der Waals surface area contributed by atoms with Crippen LogP contribution in [0, 0.1) is 5.82 Å². The van der Waals surface area contributed by atoms with E-state index in [9.17, 15) is 17.6 Å². The first kappa shape index (κ1) is 10.7. The largest absolute Gasteiger partial charge is 0.405 e. The van der Waals surface area contributed by atoms with Crippen LogP contribution in [0.1, 0.15) is 0 Å². The van der Waals surface area contributed by atoms with Gasteiger partial charge < -0.3 is 10.3 Å². The molecule has 3 nitrogen and oxygen atoms in total. The van der Waals surface area contributed by atoms with E-state index >= 15 is 0 Å². The minimum atomic E-state index is -4.32. The third-order valence-electron chi connectivity index (χ3n) is 1.90. The van der Waals surface area contributed by atoms with Gasteiger partial charge in [0.25, 0.3) is 0 Å². The van der Waals surface area contributed by atoms with Crippen molar-refractivity contribution in [3.63, 3.8) is 0 Å². The highest BCUT2D eigenvalue weighted by molar-refractivity contribution is 5.77. The van der Waals surface area contributed by atoms with Crippen LogP contribution in [0.2, 0.25) is 0 Å². The second kappa shape index (κ2) is 3.66. The summed E-state index contributed by atoms with van der Waals surface area (Å²) in [5.41, 5.74) is 0.760. The lowest BCUT2D eigenvalue weighted by Gasteiger charge is -2.05. The van der Waals surface area contributed by atoms with Gasteiger partial charge in [-0.05, 0) is 18.2 Å². The lowest BCUT2D eigenvalue weighted by molar-refractivity contribution is -0.115. The first-order chi connectivity index (χ1) is 7.44. The number of rotatable bonds is 2. The van der Waals surface area contributed by atoms with Crippen molar-refractivity contribution in [3.8, 4) is 0 Å². The molecule has 0 aliphatic rings. The molecule has 2 rings (SSSR count). The Morgan fingerprint density at radius 1 is 1.31 bits per heavy atom. The molecule has 0 unspecified atom stereocenters. The zero-order valence-corrected chi connectivity index (χ0v) is 7.90. The van der Waals surface area contributed by atoms with Crippen LogP contribution in [-0.4, -0.2) is 22.7 Å². The molecule has 0 spiro atoms. The number of benzene rings is 1. The number of imidazole rings is 1. The summed E-state index contributed by atoms with van der Waals surface area (Å²) in [5.74, 6) is -0.503. The second-order valence-corrected chi connectivity index (χ2v) is 3.22. The molecule has 0 amide bonds. The standard InChI is InChI=1S/C9H7F4N3/c10-5-1-2-6-7(3-5)16-8(15-6)14-4-9(11,12)13/h1-3H,4H2,(H2,14,15,16). The van der Waals surface area contributed by atoms with Gasteiger partial charge >= 0.3 is 6.18 Å². The van der Waals surface area contributed by atoms with E-state index in [-0.39, 0.29) is 5.95 Å². The Kier molecular flexibility index (Phi) is 2.45. The molecule has 0 aliphatic heterocycles. The van der Waals surface area contributed by atoms with E-state index in [2.05, 4.69) is 15.3 Å². The number of aromatic nitrogens is 2. The summed E-state index contributed by atoms with van der Waals surface area (Å²) in [4.78, 5) is 6.37. The Morgan fingerprint density at radius 3 is 2.75 bits per heavy atom. The molecule has 0 radical (unpaired) electrons. The van der Waals surface area contributed by atoms with Crippen LogP contribution in [0.25, 0.3) is 11.0 Å². The number of nitrogens with zero attached hydrogens (tertiary/aromatic N) is 1. The summed E-state index contributed by atoms with van der Waals surface area (Å²) in [6.07, 6.45) is -4.32. The molecule has 0 saturated carbocycles. The Bertz CT molecular complexity index is 503. The van der Waals surface area contributed by atoms with Gasteiger partial charge in [0.05, 0.1) is 11.0 Å². The molecule has 0 bridgehead atoms. The molecule has 2 N–H and O–H groups in total. The van der Waals surface area contributed by atoms with E-state index in [1.165, 1.54) is 18.2 Å². The average Bonchev–Trinajstić information content (AvgIpc) is 2.55. The molecular weight excluding hydrogens is 226 g/mol. The summed E-state index contributed by atoms with van der Waals surface area (Å²) in [6.45, 7) is -1.19. The zero-order valence-electron chi connectivity index (χ0n) is 7.90. The lowest BCUT2D eigenvalue weighted by atomic mass is 10.3. The molecule has 7 heteroatoms. The monoisotopic (exact) mass is 233 g/mol. The van der Waals surface area contributed by atoms with Crippen LogP contribution >= 0.6 is 0 Å². The van der Waals surface area contributed by atoms with Gasteiger partial charge in [0, 0.05) is 0 Å². The van der Waals surface area contributed by atoms with E-state index in [0.29, 0.717) is 11.0 Å². The van der Waals surface area contributed by atoms with Crippen LogP contribution in [0.15, 0.2) is 18.2 Å². The Labute approximate surface area is 87.5 Å². The molecule has 86 valence electrons. The highest BCUT2D eigenvalue weighted by atomic mass is 19.4. The Balaban J connectivity index is 2.20. The maximum Gasteiger partial charge on any atom is 0.405 e. The van der Waals surface area contributed by atoms with Crippen molar-refractivity contribution in [2.24, 2.45) is 0 Å². The molecule has 2 aromatic rings. The maximum absolute atomic E-state index is 12.8. The van der Waals surface area contributed by atoms with E-state index in [1.54, 1.807) is 0 Å². The number of halogens is 4.